The molecule has 4 nitrogen and oxygen atoms in total. The molecule has 3 aromatic rings. The van der Waals surface area contributed by atoms with E-state index in [1.54, 1.807) is 0 Å². The van der Waals surface area contributed by atoms with Crippen LogP contribution in [-0.2, 0) is 6.54 Å². The molecule has 4 rings (SSSR count). The number of aromatic nitrogens is 1. The summed E-state index contributed by atoms with van der Waals surface area (Å²) in [5, 5.41) is 4.66. The van der Waals surface area contributed by atoms with Gasteiger partial charge >= 0.3 is 0 Å². The Morgan fingerprint density at radius 3 is 2.95 bits per heavy atom. The van der Waals surface area contributed by atoms with Crippen LogP contribution in [0.1, 0.15) is 5.56 Å². The van der Waals surface area contributed by atoms with Crippen LogP contribution >= 0.6 is 0 Å². The van der Waals surface area contributed by atoms with Gasteiger partial charge in [-0.2, -0.15) is 0 Å². The van der Waals surface area contributed by atoms with Gasteiger partial charge in [0.05, 0.1) is 0 Å². The monoisotopic (exact) mass is 266 g/mol. The summed E-state index contributed by atoms with van der Waals surface area (Å²) in [5.41, 5.74) is 3.44. The Bertz CT molecular complexity index is 764. The molecule has 0 unspecified atom stereocenters. The predicted octanol–water partition coefficient (Wildman–Crippen LogP) is 3.51. The van der Waals surface area contributed by atoms with Crippen molar-refractivity contribution in [3.8, 4) is 11.5 Å². The van der Waals surface area contributed by atoms with E-state index in [0.717, 1.165) is 29.2 Å². The van der Waals surface area contributed by atoms with E-state index in [4.69, 9.17) is 9.47 Å². The van der Waals surface area contributed by atoms with Crippen molar-refractivity contribution in [2.24, 2.45) is 0 Å². The van der Waals surface area contributed by atoms with Crippen LogP contribution < -0.4 is 14.8 Å². The molecule has 0 amide bonds. The third-order valence-electron chi connectivity index (χ3n) is 3.53. The Kier molecular flexibility index (Phi) is 2.52. The van der Waals surface area contributed by atoms with Crippen molar-refractivity contribution in [1.29, 1.82) is 0 Å². The van der Waals surface area contributed by atoms with Gasteiger partial charge < -0.3 is 19.8 Å². The van der Waals surface area contributed by atoms with E-state index in [9.17, 15) is 0 Å². The van der Waals surface area contributed by atoms with Gasteiger partial charge in [0.2, 0.25) is 6.79 Å². The maximum Gasteiger partial charge on any atom is 0.231 e. The molecule has 2 heterocycles. The van der Waals surface area contributed by atoms with Gasteiger partial charge in [0, 0.05) is 35.4 Å². The van der Waals surface area contributed by atoms with Crippen molar-refractivity contribution in [2.45, 2.75) is 6.54 Å². The first-order valence-corrected chi connectivity index (χ1v) is 6.59. The number of H-pyrrole nitrogens is 1. The molecule has 100 valence electrons. The number of anilines is 1. The van der Waals surface area contributed by atoms with Crippen LogP contribution in [-0.4, -0.2) is 11.8 Å². The van der Waals surface area contributed by atoms with E-state index in [0.29, 0.717) is 6.79 Å². The SMILES string of the molecule is c1ccc2c(CNc3ccc4c(c3)OCO4)c[nH]c2c1. The van der Waals surface area contributed by atoms with E-state index in [2.05, 4.69) is 28.5 Å². The quantitative estimate of drug-likeness (QED) is 0.762. The third kappa shape index (κ3) is 1.86. The fraction of sp³-hybridized carbons (Fsp3) is 0.125. The summed E-state index contributed by atoms with van der Waals surface area (Å²) < 4.78 is 10.7. The number of hydrogen-bond acceptors (Lipinski definition) is 3. The summed E-state index contributed by atoms with van der Waals surface area (Å²) in [4.78, 5) is 3.28. The molecule has 0 spiro atoms. The van der Waals surface area contributed by atoms with E-state index in [1.165, 1.54) is 10.9 Å². The molecular weight excluding hydrogens is 252 g/mol. The Balaban J connectivity index is 1.55. The average molecular weight is 266 g/mol. The predicted molar refractivity (Wildman–Crippen MR) is 78.2 cm³/mol. The molecule has 4 heteroatoms. The molecule has 1 aromatic heterocycles. The van der Waals surface area contributed by atoms with E-state index in [-0.39, 0.29) is 0 Å². The molecule has 0 bridgehead atoms. The first-order chi connectivity index (χ1) is 9.90. The number of nitrogens with one attached hydrogen (secondary N) is 2. The fourth-order valence-corrected chi connectivity index (χ4v) is 2.48. The van der Waals surface area contributed by atoms with Crippen molar-refractivity contribution in [2.75, 3.05) is 12.1 Å². The first-order valence-electron chi connectivity index (χ1n) is 6.59. The zero-order valence-corrected chi connectivity index (χ0v) is 10.8. The topological polar surface area (TPSA) is 46.3 Å². The standard InChI is InChI=1S/C16H14N2O2/c1-2-4-14-13(3-1)11(9-18-14)8-17-12-5-6-15-16(7-12)20-10-19-15/h1-7,9,17-18H,8,10H2. The number of rotatable bonds is 3. The molecule has 2 aromatic carbocycles. The van der Waals surface area contributed by atoms with Crippen molar-refractivity contribution >= 4 is 16.6 Å². The van der Waals surface area contributed by atoms with Gasteiger partial charge in [0.1, 0.15) is 0 Å². The number of fused-ring (bicyclic) bond motifs is 2. The van der Waals surface area contributed by atoms with E-state index < -0.39 is 0 Å². The maximum atomic E-state index is 5.38. The van der Waals surface area contributed by atoms with Gasteiger partial charge in [-0.1, -0.05) is 18.2 Å². The average Bonchev–Trinajstić information content (AvgIpc) is 3.11. The molecule has 1 aliphatic heterocycles. The molecule has 0 saturated heterocycles. The van der Waals surface area contributed by atoms with Crippen LogP contribution in [0.2, 0.25) is 0 Å². The lowest BCUT2D eigenvalue weighted by atomic mass is 10.1. The number of benzene rings is 2. The lowest BCUT2D eigenvalue weighted by molar-refractivity contribution is 0.174. The van der Waals surface area contributed by atoms with Gasteiger partial charge in [-0.05, 0) is 23.8 Å². The highest BCUT2D eigenvalue weighted by Gasteiger charge is 2.13. The van der Waals surface area contributed by atoms with Gasteiger partial charge in [0.15, 0.2) is 11.5 Å². The number of para-hydroxylation sites is 1. The lowest BCUT2D eigenvalue weighted by Gasteiger charge is -2.06. The highest BCUT2D eigenvalue weighted by Crippen LogP contribution is 2.34. The summed E-state index contributed by atoms with van der Waals surface area (Å²) in [7, 11) is 0. The number of aromatic amines is 1. The third-order valence-corrected chi connectivity index (χ3v) is 3.53. The van der Waals surface area contributed by atoms with Crippen molar-refractivity contribution < 1.29 is 9.47 Å². The second-order valence-corrected chi connectivity index (χ2v) is 4.78. The zero-order chi connectivity index (χ0) is 13.4. The van der Waals surface area contributed by atoms with E-state index >= 15 is 0 Å². The van der Waals surface area contributed by atoms with Crippen LogP contribution in [0, 0.1) is 0 Å². The van der Waals surface area contributed by atoms with Crippen LogP contribution in [0.15, 0.2) is 48.7 Å². The molecule has 0 saturated carbocycles. The van der Waals surface area contributed by atoms with Crippen LogP contribution in [0.25, 0.3) is 10.9 Å². The second kappa shape index (κ2) is 4.49. The summed E-state index contributed by atoms with van der Waals surface area (Å²) >= 11 is 0. The van der Waals surface area contributed by atoms with Gasteiger partial charge in [0.25, 0.3) is 0 Å². The van der Waals surface area contributed by atoms with Gasteiger partial charge in [-0.3, -0.25) is 0 Å². The van der Waals surface area contributed by atoms with Crippen LogP contribution in [0.4, 0.5) is 5.69 Å². The zero-order valence-electron chi connectivity index (χ0n) is 10.8. The molecule has 0 atom stereocenters. The number of ether oxygens (including phenoxy) is 2. The van der Waals surface area contributed by atoms with Crippen LogP contribution in [0.3, 0.4) is 0 Å². The minimum absolute atomic E-state index is 0.307. The molecule has 0 radical (unpaired) electrons. The summed E-state index contributed by atoms with van der Waals surface area (Å²) in [6.07, 6.45) is 2.05. The minimum atomic E-state index is 0.307. The van der Waals surface area contributed by atoms with Crippen molar-refractivity contribution in [1.82, 2.24) is 4.98 Å². The minimum Gasteiger partial charge on any atom is -0.454 e. The summed E-state index contributed by atoms with van der Waals surface area (Å²) in [6, 6.07) is 14.2. The molecular formula is C16H14N2O2. The highest BCUT2D eigenvalue weighted by molar-refractivity contribution is 5.83. The van der Waals surface area contributed by atoms with Crippen LogP contribution in [0.5, 0.6) is 11.5 Å². The molecule has 1 aliphatic rings. The molecule has 0 aliphatic carbocycles. The van der Waals surface area contributed by atoms with Crippen molar-refractivity contribution in [3.63, 3.8) is 0 Å². The Hall–Kier alpha value is -2.62. The van der Waals surface area contributed by atoms with Gasteiger partial charge in [-0.25, -0.2) is 0 Å². The molecule has 0 fully saturated rings. The largest absolute Gasteiger partial charge is 0.454 e. The second-order valence-electron chi connectivity index (χ2n) is 4.78. The first kappa shape index (κ1) is 11.2. The Morgan fingerprint density at radius 1 is 1.05 bits per heavy atom. The smallest absolute Gasteiger partial charge is 0.231 e. The lowest BCUT2D eigenvalue weighted by Crippen LogP contribution is -1.98. The fourth-order valence-electron chi connectivity index (χ4n) is 2.48. The normalized spacial score (nSPS) is 12.8. The highest BCUT2D eigenvalue weighted by atomic mass is 16.7. The van der Waals surface area contributed by atoms with Gasteiger partial charge in [-0.15, -0.1) is 0 Å². The molecule has 20 heavy (non-hydrogen) atoms. The summed E-state index contributed by atoms with van der Waals surface area (Å²) in [5.74, 6) is 1.61. The van der Waals surface area contributed by atoms with Crippen molar-refractivity contribution in [3.05, 3.63) is 54.2 Å². The maximum absolute atomic E-state index is 5.38. The Morgan fingerprint density at radius 2 is 1.95 bits per heavy atom. The summed E-state index contributed by atoms with van der Waals surface area (Å²) in [6.45, 7) is 1.07. The molecule has 2 N–H and O–H groups in total. The van der Waals surface area contributed by atoms with E-state index in [1.807, 2.05) is 30.5 Å². The Labute approximate surface area is 116 Å². The number of hydrogen-bond donors (Lipinski definition) is 2.